The minimum Gasteiger partial charge on any atom is -0.399 e. The third-order valence-corrected chi connectivity index (χ3v) is 4.36. The van der Waals surface area contributed by atoms with Crippen LogP contribution in [0.2, 0.25) is 0 Å². The summed E-state index contributed by atoms with van der Waals surface area (Å²) in [4.78, 5) is 0. The molecule has 0 saturated carbocycles. The van der Waals surface area contributed by atoms with Gasteiger partial charge in [-0.1, -0.05) is 40.2 Å². The van der Waals surface area contributed by atoms with Crippen LogP contribution in [0.1, 0.15) is 5.56 Å². The SMILES string of the molecule is c1cc(C2=NSS[N-]2)cc(-c2ns[s+]n2)c1. The van der Waals surface area contributed by atoms with Gasteiger partial charge in [0.15, 0.2) is 0 Å². The Labute approximate surface area is 108 Å². The Balaban J connectivity index is 2.00. The molecule has 3 rings (SSSR count). The molecule has 0 unspecified atom stereocenters. The quantitative estimate of drug-likeness (QED) is 0.477. The predicted molar refractivity (Wildman–Crippen MR) is 72.7 cm³/mol. The standard InChI is InChI=1S/C8H4N4S4/c1-2-5(7-9-13-14-10-7)4-6(3-1)8-11-15-16-12-8/h1-4H. The van der Waals surface area contributed by atoms with Crippen LogP contribution in [0.5, 0.6) is 0 Å². The Morgan fingerprint density at radius 1 is 1.25 bits per heavy atom. The van der Waals surface area contributed by atoms with Crippen molar-refractivity contribution in [2.24, 2.45) is 4.40 Å². The van der Waals surface area contributed by atoms with E-state index in [1.165, 1.54) is 43.0 Å². The van der Waals surface area contributed by atoms with E-state index in [1.807, 2.05) is 24.3 Å². The lowest BCUT2D eigenvalue weighted by Crippen LogP contribution is -1.93. The van der Waals surface area contributed by atoms with Crippen LogP contribution in [0.3, 0.4) is 0 Å². The molecular weight excluding hydrogens is 280 g/mol. The molecule has 0 bridgehead atoms. The molecule has 1 aromatic heterocycles. The Morgan fingerprint density at radius 3 is 2.94 bits per heavy atom. The van der Waals surface area contributed by atoms with Crippen molar-refractivity contribution >= 4 is 48.9 Å². The van der Waals surface area contributed by atoms with Gasteiger partial charge in [-0.15, -0.1) is 4.37 Å². The highest BCUT2D eigenvalue weighted by Crippen LogP contribution is 2.38. The minimum absolute atomic E-state index is 0.774. The van der Waals surface area contributed by atoms with Crippen LogP contribution in [0.4, 0.5) is 0 Å². The molecule has 1 aliphatic rings. The highest BCUT2D eigenvalue weighted by molar-refractivity contribution is 8.78. The van der Waals surface area contributed by atoms with Crippen molar-refractivity contribution in [3.63, 3.8) is 0 Å². The first kappa shape index (κ1) is 10.5. The van der Waals surface area contributed by atoms with Crippen LogP contribution < -0.4 is 0 Å². The van der Waals surface area contributed by atoms with E-state index >= 15 is 0 Å². The van der Waals surface area contributed by atoms with Gasteiger partial charge in [-0.05, 0) is 17.5 Å². The summed E-state index contributed by atoms with van der Waals surface area (Å²) >= 11 is 0. The van der Waals surface area contributed by atoms with Gasteiger partial charge in [-0.25, -0.2) is 0 Å². The fraction of sp³-hybridized carbons (Fsp3) is 0. The van der Waals surface area contributed by atoms with E-state index < -0.39 is 0 Å². The normalized spacial score (nSPS) is 14.6. The lowest BCUT2D eigenvalue weighted by atomic mass is 10.1. The first-order valence-electron chi connectivity index (χ1n) is 4.28. The summed E-state index contributed by atoms with van der Waals surface area (Å²) in [6.45, 7) is 0. The van der Waals surface area contributed by atoms with Crippen molar-refractivity contribution in [2.45, 2.75) is 0 Å². The minimum atomic E-state index is 0.774. The summed E-state index contributed by atoms with van der Waals surface area (Å²) in [7, 11) is 5.56. The molecule has 1 aliphatic heterocycles. The number of hydrogen-bond acceptors (Lipinski definition) is 6. The van der Waals surface area contributed by atoms with E-state index in [0.29, 0.717) is 0 Å². The maximum atomic E-state index is 4.22. The Bertz CT molecular complexity index is 525. The largest absolute Gasteiger partial charge is 0.462 e. The monoisotopic (exact) mass is 284 g/mol. The molecule has 16 heavy (non-hydrogen) atoms. The van der Waals surface area contributed by atoms with E-state index in [2.05, 4.69) is 17.9 Å². The molecule has 8 heteroatoms. The number of aromatic nitrogens is 2. The van der Waals surface area contributed by atoms with Crippen molar-refractivity contribution in [2.75, 3.05) is 0 Å². The van der Waals surface area contributed by atoms with Crippen LogP contribution in [0, 0.1) is 0 Å². The van der Waals surface area contributed by atoms with E-state index in [1.54, 1.807) is 0 Å². The highest BCUT2D eigenvalue weighted by Gasteiger charge is 2.10. The van der Waals surface area contributed by atoms with Crippen LogP contribution in [0.15, 0.2) is 28.7 Å². The van der Waals surface area contributed by atoms with Crippen molar-refractivity contribution in [3.05, 3.63) is 34.6 Å². The maximum absolute atomic E-state index is 4.22. The van der Waals surface area contributed by atoms with Crippen molar-refractivity contribution in [1.29, 1.82) is 0 Å². The molecule has 0 atom stereocenters. The first-order valence-corrected chi connectivity index (χ1v) is 8.41. The molecule has 0 N–H and O–H groups in total. The van der Waals surface area contributed by atoms with Gasteiger partial charge in [0.05, 0.1) is 4.37 Å². The zero-order valence-corrected chi connectivity index (χ0v) is 11.0. The summed E-state index contributed by atoms with van der Waals surface area (Å²) in [5.41, 5.74) is 2.02. The highest BCUT2D eigenvalue weighted by atomic mass is 33.1. The van der Waals surface area contributed by atoms with E-state index in [9.17, 15) is 0 Å². The molecule has 0 saturated heterocycles. The van der Waals surface area contributed by atoms with Crippen molar-refractivity contribution in [3.8, 4) is 11.4 Å². The maximum Gasteiger partial charge on any atom is 0.462 e. The van der Waals surface area contributed by atoms with E-state index in [4.69, 9.17) is 0 Å². The topological polar surface area (TPSA) is 52.2 Å². The second-order valence-corrected chi connectivity index (χ2v) is 6.01. The predicted octanol–water partition coefficient (Wildman–Crippen LogP) is 3.89. The number of rotatable bonds is 2. The average molecular weight is 284 g/mol. The zero-order valence-electron chi connectivity index (χ0n) is 7.73. The Morgan fingerprint density at radius 2 is 2.19 bits per heavy atom. The smallest absolute Gasteiger partial charge is 0.399 e. The molecular formula is C8H4N4S4. The summed E-state index contributed by atoms with van der Waals surface area (Å²) in [6.07, 6.45) is 0. The molecule has 0 aliphatic carbocycles. The molecule has 0 radical (unpaired) electrons. The third-order valence-electron chi connectivity index (χ3n) is 1.94. The number of nitrogens with zero attached hydrogens (tertiary/aromatic N) is 4. The number of benzene rings is 1. The first-order chi connectivity index (χ1) is 7.93. The lowest BCUT2D eigenvalue weighted by Gasteiger charge is -2.08. The van der Waals surface area contributed by atoms with E-state index in [-0.39, 0.29) is 0 Å². The summed E-state index contributed by atoms with van der Waals surface area (Å²) in [5, 5.41) is 0. The van der Waals surface area contributed by atoms with Gasteiger partial charge in [-0.3, -0.25) is 0 Å². The fourth-order valence-electron chi connectivity index (χ4n) is 1.25. The van der Waals surface area contributed by atoms with Crippen LogP contribution in [-0.4, -0.2) is 14.6 Å². The zero-order chi connectivity index (χ0) is 10.8. The fourth-order valence-corrected chi connectivity index (χ4v) is 3.60. The lowest BCUT2D eigenvalue weighted by molar-refractivity contribution is 1.38. The number of amidine groups is 1. The van der Waals surface area contributed by atoms with Gasteiger partial charge in [0.25, 0.3) is 0 Å². The molecule has 4 nitrogen and oxygen atoms in total. The van der Waals surface area contributed by atoms with Crippen LogP contribution >= 0.6 is 43.0 Å². The van der Waals surface area contributed by atoms with Gasteiger partial charge in [0.1, 0.15) is 0 Å². The van der Waals surface area contributed by atoms with Crippen molar-refractivity contribution < 1.29 is 0 Å². The number of hydrogen-bond donors (Lipinski definition) is 0. The Hall–Kier alpha value is -0.700. The third kappa shape index (κ3) is 2.05. The summed E-state index contributed by atoms with van der Waals surface area (Å²) in [6, 6.07) is 7.98. The molecule has 2 aromatic rings. The second-order valence-electron chi connectivity index (χ2n) is 2.89. The second kappa shape index (κ2) is 4.66. The summed E-state index contributed by atoms with van der Waals surface area (Å²) < 4.78 is 16.9. The van der Waals surface area contributed by atoms with Crippen LogP contribution in [-0.2, 0) is 0 Å². The van der Waals surface area contributed by atoms with Crippen molar-refractivity contribution in [1.82, 2.24) is 8.75 Å². The molecule has 0 fully saturated rings. The van der Waals surface area contributed by atoms with Gasteiger partial charge in [-0.2, -0.15) is 0 Å². The molecule has 0 amide bonds. The molecule has 1 aromatic carbocycles. The van der Waals surface area contributed by atoms with Gasteiger partial charge in [0, 0.05) is 5.56 Å². The van der Waals surface area contributed by atoms with E-state index in [0.717, 1.165) is 22.8 Å². The van der Waals surface area contributed by atoms with Crippen LogP contribution in [0.25, 0.3) is 16.1 Å². The summed E-state index contributed by atoms with van der Waals surface area (Å²) in [5.74, 6) is 1.55. The van der Waals surface area contributed by atoms with Gasteiger partial charge >= 0.3 is 21.1 Å². The Kier molecular flexibility index (Phi) is 3.04. The average Bonchev–Trinajstić information content (AvgIpc) is 3.03. The molecule has 0 spiro atoms. The van der Waals surface area contributed by atoms with Gasteiger partial charge < -0.3 is 9.12 Å². The molecule has 2 heterocycles. The van der Waals surface area contributed by atoms with Gasteiger partial charge in [0.2, 0.25) is 5.82 Å². The molecule has 80 valence electrons.